The van der Waals surface area contributed by atoms with Gasteiger partial charge in [-0.05, 0) is 32.8 Å². The van der Waals surface area contributed by atoms with E-state index in [9.17, 15) is 4.79 Å². The molecule has 0 bridgehead atoms. The van der Waals surface area contributed by atoms with E-state index in [1.165, 1.54) is 0 Å². The minimum absolute atomic E-state index is 0.206. The van der Waals surface area contributed by atoms with Crippen molar-refractivity contribution >= 4 is 5.78 Å². The lowest BCUT2D eigenvalue weighted by molar-refractivity contribution is -0.113. The fourth-order valence-corrected chi connectivity index (χ4v) is 0.955. The van der Waals surface area contributed by atoms with Gasteiger partial charge in [0.05, 0.1) is 0 Å². The molecule has 9 heavy (non-hydrogen) atoms. The Morgan fingerprint density at radius 3 is 1.67 bits per heavy atom. The van der Waals surface area contributed by atoms with Gasteiger partial charge in [-0.2, -0.15) is 0 Å². The first-order valence-corrected chi connectivity index (χ1v) is 3.26. The maximum absolute atomic E-state index is 10.8. The van der Waals surface area contributed by atoms with Crippen LogP contribution in [0, 0.1) is 0 Å². The largest absolute Gasteiger partial charge is 0.295 e. The molecule has 0 spiro atoms. The van der Waals surface area contributed by atoms with Gasteiger partial charge in [0, 0.05) is 0 Å². The van der Waals surface area contributed by atoms with Gasteiger partial charge in [0.2, 0.25) is 0 Å². The highest BCUT2D eigenvalue weighted by atomic mass is 16.1. The third-order valence-corrected chi connectivity index (χ3v) is 1.38. The highest BCUT2D eigenvalue weighted by Gasteiger charge is 2.00. The average molecular weight is 126 g/mol. The van der Waals surface area contributed by atoms with E-state index in [4.69, 9.17) is 0 Å². The molecule has 0 N–H and O–H groups in total. The summed E-state index contributed by atoms with van der Waals surface area (Å²) in [5.41, 5.74) is 2.11. The molecule has 1 nitrogen and oxygen atoms in total. The zero-order valence-electron chi connectivity index (χ0n) is 6.62. The van der Waals surface area contributed by atoms with Crippen LogP contribution in [0.4, 0.5) is 0 Å². The number of hydrogen-bond acceptors (Lipinski definition) is 1. The third-order valence-electron chi connectivity index (χ3n) is 1.38. The quantitative estimate of drug-likeness (QED) is 0.519. The van der Waals surface area contributed by atoms with E-state index in [1.54, 1.807) is 6.92 Å². The van der Waals surface area contributed by atoms with Gasteiger partial charge in [-0.1, -0.05) is 12.5 Å². The molecule has 0 aromatic carbocycles. The van der Waals surface area contributed by atoms with Gasteiger partial charge in [-0.3, -0.25) is 4.79 Å². The lowest BCUT2D eigenvalue weighted by Crippen LogP contribution is -1.96. The topological polar surface area (TPSA) is 17.1 Å². The van der Waals surface area contributed by atoms with Crippen LogP contribution in [0.1, 0.15) is 34.1 Å². The summed E-state index contributed by atoms with van der Waals surface area (Å²) in [6, 6.07) is 0. The van der Waals surface area contributed by atoms with Gasteiger partial charge >= 0.3 is 0 Å². The number of hydrogen-bond donors (Lipinski definition) is 0. The van der Waals surface area contributed by atoms with E-state index < -0.39 is 0 Å². The lowest BCUT2D eigenvalue weighted by Gasteiger charge is -1.99. The van der Waals surface area contributed by atoms with Crippen molar-refractivity contribution < 1.29 is 4.79 Å². The summed E-state index contributed by atoms with van der Waals surface area (Å²) < 4.78 is 0. The van der Waals surface area contributed by atoms with Crippen molar-refractivity contribution in [2.24, 2.45) is 0 Å². The second-order valence-electron chi connectivity index (χ2n) is 2.39. The monoisotopic (exact) mass is 126 g/mol. The first kappa shape index (κ1) is 8.41. The first-order chi connectivity index (χ1) is 4.09. The number of carbonyl (C=O) groups excluding carboxylic acids is 1. The van der Waals surface area contributed by atoms with Crippen LogP contribution in [0.5, 0.6) is 0 Å². The lowest BCUT2D eigenvalue weighted by atomic mass is 10.1. The highest BCUT2D eigenvalue weighted by molar-refractivity contribution is 5.93. The fourth-order valence-electron chi connectivity index (χ4n) is 0.955. The summed E-state index contributed by atoms with van der Waals surface area (Å²) in [5, 5.41) is 0. The Kier molecular flexibility index (Phi) is 3.21. The van der Waals surface area contributed by atoms with Gasteiger partial charge in [-0.15, -0.1) is 0 Å². The molecule has 0 unspecified atom stereocenters. The molecule has 0 atom stereocenters. The molecule has 1 heteroatoms. The SMILES string of the molecule is CCC(C(C)=O)=C(C)C. The molecular formula is C8H14O. The molecule has 52 valence electrons. The van der Waals surface area contributed by atoms with E-state index in [0.717, 1.165) is 17.6 Å². The van der Waals surface area contributed by atoms with Gasteiger partial charge in [0.15, 0.2) is 5.78 Å². The summed E-state index contributed by atoms with van der Waals surface area (Å²) in [5.74, 6) is 0.206. The third kappa shape index (κ3) is 2.45. The Bertz CT molecular complexity index is 139. The Morgan fingerprint density at radius 2 is 1.67 bits per heavy atom. The van der Waals surface area contributed by atoms with Crippen LogP contribution in [0.25, 0.3) is 0 Å². The Labute approximate surface area is 56.8 Å². The molecule has 0 aliphatic rings. The van der Waals surface area contributed by atoms with Crippen LogP contribution in [-0.4, -0.2) is 5.78 Å². The maximum Gasteiger partial charge on any atom is 0.155 e. The summed E-state index contributed by atoms with van der Waals surface area (Å²) in [6.07, 6.45) is 0.859. The van der Waals surface area contributed by atoms with E-state index in [2.05, 4.69) is 0 Å². The van der Waals surface area contributed by atoms with Crippen molar-refractivity contribution in [3.63, 3.8) is 0 Å². The summed E-state index contributed by atoms with van der Waals surface area (Å²) in [4.78, 5) is 10.8. The normalized spacial score (nSPS) is 8.89. The Morgan fingerprint density at radius 1 is 1.22 bits per heavy atom. The van der Waals surface area contributed by atoms with Crippen molar-refractivity contribution in [1.82, 2.24) is 0 Å². The van der Waals surface area contributed by atoms with Crippen molar-refractivity contribution in [3.8, 4) is 0 Å². The van der Waals surface area contributed by atoms with Crippen molar-refractivity contribution in [1.29, 1.82) is 0 Å². The van der Waals surface area contributed by atoms with Crippen LogP contribution in [0.3, 0.4) is 0 Å². The molecule has 0 fully saturated rings. The van der Waals surface area contributed by atoms with E-state index in [0.29, 0.717) is 0 Å². The molecular weight excluding hydrogens is 112 g/mol. The van der Waals surface area contributed by atoms with Gasteiger partial charge in [0.25, 0.3) is 0 Å². The number of rotatable bonds is 2. The van der Waals surface area contributed by atoms with E-state index in [-0.39, 0.29) is 5.78 Å². The maximum atomic E-state index is 10.8. The van der Waals surface area contributed by atoms with Gasteiger partial charge < -0.3 is 0 Å². The predicted octanol–water partition coefficient (Wildman–Crippen LogP) is 2.32. The molecule has 0 radical (unpaired) electrons. The minimum Gasteiger partial charge on any atom is -0.295 e. The number of Topliss-reactive ketones (excluding diaryl/α,β-unsaturated/α-hetero) is 1. The molecule has 0 aliphatic carbocycles. The second-order valence-corrected chi connectivity index (χ2v) is 2.39. The summed E-state index contributed by atoms with van der Waals surface area (Å²) in [7, 11) is 0. The summed E-state index contributed by atoms with van der Waals surface area (Å²) in [6.45, 7) is 7.57. The van der Waals surface area contributed by atoms with Crippen LogP contribution in [0.2, 0.25) is 0 Å². The van der Waals surface area contributed by atoms with E-state index in [1.807, 2.05) is 20.8 Å². The molecule has 0 aliphatic heterocycles. The Hall–Kier alpha value is -0.590. The number of allylic oxidation sites excluding steroid dienone is 2. The fraction of sp³-hybridized carbons (Fsp3) is 0.625. The molecule has 0 rings (SSSR count). The van der Waals surface area contributed by atoms with Crippen LogP contribution in [-0.2, 0) is 4.79 Å². The smallest absolute Gasteiger partial charge is 0.155 e. The minimum atomic E-state index is 0.206. The van der Waals surface area contributed by atoms with Crippen molar-refractivity contribution in [2.75, 3.05) is 0 Å². The second kappa shape index (κ2) is 3.44. The number of carbonyl (C=O) groups is 1. The van der Waals surface area contributed by atoms with E-state index >= 15 is 0 Å². The zero-order chi connectivity index (χ0) is 7.44. The van der Waals surface area contributed by atoms with Crippen LogP contribution < -0.4 is 0 Å². The molecule has 0 heterocycles. The predicted molar refractivity (Wildman–Crippen MR) is 39.3 cm³/mol. The van der Waals surface area contributed by atoms with Gasteiger partial charge in [-0.25, -0.2) is 0 Å². The molecule has 0 amide bonds. The standard InChI is InChI=1S/C8H14O/c1-5-8(6(2)3)7(4)9/h5H2,1-4H3. The molecule has 0 saturated heterocycles. The Balaban J connectivity index is 4.35. The summed E-state index contributed by atoms with van der Waals surface area (Å²) >= 11 is 0. The average Bonchev–Trinajstić information content (AvgIpc) is 1.64. The van der Waals surface area contributed by atoms with Crippen LogP contribution in [0.15, 0.2) is 11.1 Å². The molecule has 0 aromatic rings. The first-order valence-electron chi connectivity index (χ1n) is 3.26. The number of ketones is 1. The molecule has 0 saturated carbocycles. The van der Waals surface area contributed by atoms with Crippen molar-refractivity contribution in [2.45, 2.75) is 34.1 Å². The van der Waals surface area contributed by atoms with Crippen molar-refractivity contribution in [3.05, 3.63) is 11.1 Å². The zero-order valence-corrected chi connectivity index (χ0v) is 6.62. The van der Waals surface area contributed by atoms with Crippen LogP contribution >= 0.6 is 0 Å². The highest BCUT2D eigenvalue weighted by Crippen LogP contribution is 2.07. The molecule has 0 aromatic heterocycles. The van der Waals surface area contributed by atoms with Gasteiger partial charge in [0.1, 0.15) is 0 Å².